The molecule has 0 spiro atoms. The van der Waals surface area contributed by atoms with E-state index in [-0.39, 0.29) is 0 Å². The molecule has 0 atom stereocenters. The summed E-state index contributed by atoms with van der Waals surface area (Å²) in [6.45, 7) is 0. The standard InChI is InChI=1S/C4HF7O/c5-1(3(7,8)9)2(6)4(10,11)12/h12H/b2-1+. The molecule has 0 aliphatic rings. The Morgan fingerprint density at radius 2 is 1.17 bits per heavy atom. The zero-order valence-corrected chi connectivity index (χ0v) is 5.09. The van der Waals surface area contributed by atoms with Gasteiger partial charge in [0.2, 0.25) is 11.7 Å². The summed E-state index contributed by atoms with van der Waals surface area (Å²) in [5, 5.41) is 7.31. The minimum Gasteiger partial charge on any atom is -0.330 e. The molecule has 0 aliphatic heterocycles. The highest BCUT2D eigenvalue weighted by atomic mass is 19.4. The molecule has 0 bridgehead atoms. The van der Waals surface area contributed by atoms with Gasteiger partial charge in [-0.25, -0.2) is 0 Å². The molecule has 0 aromatic rings. The number of hydrogen-bond acceptors (Lipinski definition) is 1. The predicted octanol–water partition coefficient (Wildman–Crippen LogP) is 2.28. The van der Waals surface area contributed by atoms with E-state index in [0.29, 0.717) is 0 Å². The fourth-order valence-corrected chi connectivity index (χ4v) is 0.256. The van der Waals surface area contributed by atoms with E-state index in [2.05, 4.69) is 0 Å². The maximum absolute atomic E-state index is 11.6. The Balaban J connectivity index is 4.96. The Morgan fingerprint density at radius 1 is 0.833 bits per heavy atom. The van der Waals surface area contributed by atoms with Crippen molar-refractivity contribution in [3.8, 4) is 0 Å². The minimum absolute atomic E-state index is 3.55. The third-order valence-electron chi connectivity index (χ3n) is 0.706. The maximum Gasteiger partial charge on any atom is 0.445 e. The lowest BCUT2D eigenvalue weighted by Gasteiger charge is -2.08. The highest BCUT2D eigenvalue weighted by Crippen LogP contribution is 2.35. The number of alkyl halides is 5. The van der Waals surface area contributed by atoms with Gasteiger partial charge >= 0.3 is 12.3 Å². The molecule has 0 aliphatic carbocycles. The third-order valence-corrected chi connectivity index (χ3v) is 0.706. The van der Waals surface area contributed by atoms with E-state index in [9.17, 15) is 30.7 Å². The van der Waals surface area contributed by atoms with E-state index in [1.165, 1.54) is 0 Å². The lowest BCUT2D eigenvalue weighted by atomic mass is 10.4. The largest absolute Gasteiger partial charge is 0.445 e. The topological polar surface area (TPSA) is 20.2 Å². The Morgan fingerprint density at radius 3 is 1.25 bits per heavy atom. The van der Waals surface area contributed by atoms with Gasteiger partial charge in [-0.2, -0.15) is 30.7 Å². The van der Waals surface area contributed by atoms with Gasteiger partial charge in [0, 0.05) is 0 Å². The summed E-state index contributed by atoms with van der Waals surface area (Å²) in [7, 11) is 0. The van der Waals surface area contributed by atoms with E-state index >= 15 is 0 Å². The molecule has 0 saturated heterocycles. The molecule has 0 saturated carbocycles. The quantitative estimate of drug-likeness (QED) is 0.640. The summed E-state index contributed by atoms with van der Waals surface area (Å²) in [4.78, 5) is 0. The van der Waals surface area contributed by atoms with E-state index in [1.54, 1.807) is 0 Å². The van der Waals surface area contributed by atoms with E-state index in [0.717, 1.165) is 0 Å². The van der Waals surface area contributed by atoms with Crippen LogP contribution in [0, 0.1) is 0 Å². The lowest BCUT2D eigenvalue weighted by Crippen LogP contribution is -2.21. The van der Waals surface area contributed by atoms with Gasteiger partial charge in [-0.15, -0.1) is 0 Å². The number of allylic oxidation sites excluding steroid dienone is 1. The van der Waals surface area contributed by atoms with Gasteiger partial charge in [-0.3, -0.25) is 0 Å². The first-order valence-electron chi connectivity index (χ1n) is 2.30. The molecule has 72 valence electrons. The van der Waals surface area contributed by atoms with Crippen molar-refractivity contribution in [3.05, 3.63) is 11.7 Å². The molecule has 8 heteroatoms. The van der Waals surface area contributed by atoms with Crippen LogP contribution < -0.4 is 0 Å². The smallest absolute Gasteiger partial charge is 0.330 e. The van der Waals surface area contributed by atoms with E-state index < -0.39 is 23.9 Å². The van der Waals surface area contributed by atoms with Gasteiger partial charge in [-0.1, -0.05) is 0 Å². The Bertz CT molecular complexity index is 174. The molecular formula is C4HF7O. The number of halogens is 7. The second-order valence-corrected chi connectivity index (χ2v) is 1.67. The highest BCUT2D eigenvalue weighted by Gasteiger charge is 2.46. The van der Waals surface area contributed by atoms with Crippen molar-refractivity contribution >= 4 is 0 Å². The molecule has 0 fully saturated rings. The molecule has 0 unspecified atom stereocenters. The second kappa shape index (κ2) is 2.92. The first-order chi connectivity index (χ1) is 5.07. The SMILES string of the molecule is OC(F)(F)/C(F)=C(\F)C(F)(F)F. The van der Waals surface area contributed by atoms with Crippen molar-refractivity contribution < 1.29 is 35.8 Å². The first-order valence-corrected chi connectivity index (χ1v) is 2.30. The summed E-state index contributed by atoms with van der Waals surface area (Å²) in [5.74, 6) is -7.19. The molecule has 0 aromatic carbocycles. The van der Waals surface area contributed by atoms with Crippen LogP contribution >= 0.6 is 0 Å². The summed E-state index contributed by atoms with van der Waals surface area (Å²) in [6, 6.07) is 0. The summed E-state index contributed by atoms with van der Waals surface area (Å²) in [6.07, 6.45) is -11.3. The molecule has 0 radical (unpaired) electrons. The van der Waals surface area contributed by atoms with Crippen LogP contribution in [-0.4, -0.2) is 17.4 Å². The monoisotopic (exact) mass is 198 g/mol. The average molecular weight is 198 g/mol. The molecule has 1 nitrogen and oxygen atoms in total. The van der Waals surface area contributed by atoms with Gasteiger partial charge in [0.1, 0.15) is 0 Å². The van der Waals surface area contributed by atoms with Gasteiger partial charge in [-0.05, 0) is 0 Å². The van der Waals surface area contributed by atoms with Crippen LogP contribution in [0.1, 0.15) is 0 Å². The highest BCUT2D eigenvalue weighted by molar-refractivity contribution is 5.09. The van der Waals surface area contributed by atoms with Gasteiger partial charge in [0.25, 0.3) is 0 Å². The lowest BCUT2D eigenvalue weighted by molar-refractivity contribution is -0.189. The van der Waals surface area contributed by atoms with Crippen LogP contribution in [-0.2, 0) is 0 Å². The Hall–Kier alpha value is -0.790. The maximum atomic E-state index is 11.6. The third kappa shape index (κ3) is 2.68. The second-order valence-electron chi connectivity index (χ2n) is 1.67. The average Bonchev–Trinajstić information content (AvgIpc) is 1.80. The zero-order chi connectivity index (χ0) is 10.2. The van der Waals surface area contributed by atoms with Crippen LogP contribution in [0.5, 0.6) is 0 Å². The summed E-state index contributed by atoms with van der Waals surface area (Å²) in [5.41, 5.74) is 0. The first kappa shape index (κ1) is 11.2. The van der Waals surface area contributed by atoms with Crippen LogP contribution in [0.2, 0.25) is 0 Å². The van der Waals surface area contributed by atoms with E-state index in [4.69, 9.17) is 5.11 Å². The predicted molar refractivity (Wildman–Crippen MR) is 22.5 cm³/mol. The van der Waals surface area contributed by atoms with E-state index in [1.807, 2.05) is 0 Å². The van der Waals surface area contributed by atoms with Crippen molar-refractivity contribution in [2.45, 2.75) is 12.3 Å². The molecular weight excluding hydrogens is 197 g/mol. The Kier molecular flexibility index (Phi) is 2.73. The molecule has 0 rings (SSSR count). The molecule has 0 aromatic heterocycles. The van der Waals surface area contributed by atoms with Gasteiger partial charge in [0.15, 0.2) is 0 Å². The normalized spacial score (nSPS) is 16.0. The van der Waals surface area contributed by atoms with Crippen LogP contribution in [0.25, 0.3) is 0 Å². The fourth-order valence-electron chi connectivity index (χ4n) is 0.256. The zero-order valence-electron chi connectivity index (χ0n) is 5.09. The van der Waals surface area contributed by atoms with Crippen molar-refractivity contribution in [3.63, 3.8) is 0 Å². The van der Waals surface area contributed by atoms with Crippen LogP contribution in [0.3, 0.4) is 0 Å². The molecule has 1 N–H and O–H groups in total. The van der Waals surface area contributed by atoms with Crippen molar-refractivity contribution in [1.29, 1.82) is 0 Å². The van der Waals surface area contributed by atoms with Crippen LogP contribution in [0.15, 0.2) is 11.7 Å². The Labute approximate surface area is 61.1 Å². The number of rotatable bonds is 1. The molecule has 0 heterocycles. The fraction of sp³-hybridized carbons (Fsp3) is 0.500. The molecule has 12 heavy (non-hydrogen) atoms. The van der Waals surface area contributed by atoms with Gasteiger partial charge < -0.3 is 5.11 Å². The van der Waals surface area contributed by atoms with Crippen molar-refractivity contribution in [2.75, 3.05) is 0 Å². The summed E-state index contributed by atoms with van der Waals surface area (Å²) < 4.78 is 79.0. The summed E-state index contributed by atoms with van der Waals surface area (Å²) >= 11 is 0. The minimum atomic E-state index is -5.86. The van der Waals surface area contributed by atoms with Crippen LogP contribution in [0.4, 0.5) is 30.7 Å². The number of aliphatic hydroxyl groups is 1. The van der Waals surface area contributed by atoms with Gasteiger partial charge in [0.05, 0.1) is 0 Å². The van der Waals surface area contributed by atoms with Crippen molar-refractivity contribution in [2.24, 2.45) is 0 Å². The molecule has 0 amide bonds. The van der Waals surface area contributed by atoms with Crippen molar-refractivity contribution in [1.82, 2.24) is 0 Å². The number of hydrogen-bond donors (Lipinski definition) is 1.